The fourth-order valence-electron chi connectivity index (χ4n) is 1.69. The molecule has 0 unspecified atom stereocenters. The van der Waals surface area contributed by atoms with E-state index in [-0.39, 0.29) is 18.1 Å². The van der Waals surface area contributed by atoms with E-state index in [0.717, 1.165) is 18.8 Å². The molecule has 18 heavy (non-hydrogen) atoms. The Hall–Kier alpha value is -1.04. The summed E-state index contributed by atoms with van der Waals surface area (Å²) in [5, 5.41) is 5.95. The van der Waals surface area contributed by atoms with Gasteiger partial charge in [0.2, 0.25) is 5.91 Å². The second-order valence-electron chi connectivity index (χ2n) is 4.62. The predicted molar refractivity (Wildman–Crippen MR) is 74.1 cm³/mol. The Morgan fingerprint density at radius 1 is 1.44 bits per heavy atom. The van der Waals surface area contributed by atoms with Crippen molar-refractivity contribution in [3.8, 4) is 0 Å². The highest BCUT2D eigenvalue weighted by Gasteiger charge is 2.32. The van der Waals surface area contributed by atoms with Crippen LogP contribution in [0.15, 0.2) is 29.2 Å². The molecule has 1 aliphatic heterocycles. The average Bonchev–Trinajstić information content (AvgIpc) is 2.35. The molecule has 0 aliphatic carbocycles. The fraction of sp³-hybridized carbons (Fsp3) is 0.462. The van der Waals surface area contributed by atoms with E-state index in [1.165, 1.54) is 4.90 Å². The van der Waals surface area contributed by atoms with Gasteiger partial charge in [0, 0.05) is 23.7 Å². The molecule has 0 atom stereocenters. The fourth-order valence-corrected chi connectivity index (χ4v) is 2.10. The Labute approximate surface area is 111 Å². The van der Waals surface area contributed by atoms with Crippen molar-refractivity contribution >= 4 is 23.4 Å². The molecule has 0 bridgehead atoms. The smallest absolute Gasteiger partial charge is 0.250 e. The van der Waals surface area contributed by atoms with Crippen molar-refractivity contribution in [1.29, 1.82) is 0 Å². The number of anilines is 1. The minimum atomic E-state index is -0.181. The zero-order chi connectivity index (χ0) is 13.0. The molecular weight excluding hydrogens is 248 g/mol. The summed E-state index contributed by atoms with van der Waals surface area (Å²) in [5.41, 5.74) is 0.623. The minimum Gasteiger partial charge on any atom is -0.363 e. The third-order valence-corrected chi connectivity index (χ3v) is 3.67. The van der Waals surface area contributed by atoms with Crippen molar-refractivity contribution in [2.24, 2.45) is 0 Å². The number of thioether (sulfide) groups is 1. The summed E-state index contributed by atoms with van der Waals surface area (Å²) in [6.45, 7) is 3.72. The lowest BCUT2D eigenvalue weighted by Crippen LogP contribution is -2.59. The molecule has 2 N–H and O–H groups in total. The molecule has 4 nitrogen and oxygen atoms in total. The average molecular weight is 266 g/mol. The van der Waals surface area contributed by atoms with Gasteiger partial charge >= 0.3 is 0 Å². The number of ether oxygens (including phenoxy) is 1. The Morgan fingerprint density at radius 3 is 2.61 bits per heavy atom. The summed E-state index contributed by atoms with van der Waals surface area (Å²) >= 11 is 1.68. The van der Waals surface area contributed by atoms with Gasteiger partial charge in [0.15, 0.2) is 0 Å². The van der Waals surface area contributed by atoms with Crippen LogP contribution in [-0.2, 0) is 9.53 Å². The third kappa shape index (κ3) is 3.48. The molecule has 2 rings (SSSR count). The second-order valence-corrected chi connectivity index (χ2v) is 5.50. The third-order valence-electron chi connectivity index (χ3n) is 2.92. The molecule has 98 valence electrons. The molecule has 5 heteroatoms. The van der Waals surface area contributed by atoms with Crippen LogP contribution in [0.25, 0.3) is 0 Å². The van der Waals surface area contributed by atoms with Crippen LogP contribution in [0.2, 0.25) is 0 Å². The zero-order valence-corrected chi connectivity index (χ0v) is 11.5. The van der Waals surface area contributed by atoms with Crippen LogP contribution in [0, 0.1) is 0 Å². The van der Waals surface area contributed by atoms with Crippen LogP contribution in [0.1, 0.15) is 6.92 Å². The van der Waals surface area contributed by atoms with Crippen molar-refractivity contribution in [2.45, 2.75) is 17.4 Å². The topological polar surface area (TPSA) is 50.4 Å². The first kappa shape index (κ1) is 13.4. The van der Waals surface area contributed by atoms with E-state index < -0.39 is 0 Å². The number of amides is 1. The quantitative estimate of drug-likeness (QED) is 0.797. The van der Waals surface area contributed by atoms with Gasteiger partial charge < -0.3 is 15.4 Å². The Bertz CT molecular complexity index is 416. The van der Waals surface area contributed by atoms with Crippen LogP contribution in [-0.4, -0.2) is 37.5 Å². The summed E-state index contributed by atoms with van der Waals surface area (Å²) in [6, 6.07) is 7.77. The van der Waals surface area contributed by atoms with Crippen molar-refractivity contribution in [3.05, 3.63) is 24.3 Å². The highest BCUT2D eigenvalue weighted by molar-refractivity contribution is 7.98. The normalized spacial score (nSPS) is 17.0. The summed E-state index contributed by atoms with van der Waals surface area (Å²) in [4.78, 5) is 12.9. The number of carbonyl (C=O) groups is 1. The maximum Gasteiger partial charge on any atom is 0.250 e. The number of hydrogen-bond donors (Lipinski definition) is 2. The molecule has 0 aromatic heterocycles. The van der Waals surface area contributed by atoms with E-state index in [1.54, 1.807) is 11.8 Å². The molecule has 1 aromatic carbocycles. The van der Waals surface area contributed by atoms with Gasteiger partial charge in [-0.25, -0.2) is 0 Å². The molecule has 1 aliphatic rings. The van der Waals surface area contributed by atoms with Gasteiger partial charge in [-0.1, -0.05) is 0 Å². The molecule has 1 heterocycles. The summed E-state index contributed by atoms with van der Waals surface area (Å²) in [5.74, 6) is -0.111. The van der Waals surface area contributed by atoms with E-state index in [1.807, 2.05) is 37.4 Å². The van der Waals surface area contributed by atoms with Gasteiger partial charge in [-0.15, -0.1) is 11.8 Å². The SMILES string of the molecule is CSc1ccc(NC(=O)COC2(C)CNC2)cc1. The van der Waals surface area contributed by atoms with Gasteiger partial charge in [0.1, 0.15) is 6.61 Å². The van der Waals surface area contributed by atoms with E-state index in [9.17, 15) is 4.79 Å². The Morgan fingerprint density at radius 2 is 2.11 bits per heavy atom. The minimum absolute atomic E-state index is 0.0997. The van der Waals surface area contributed by atoms with E-state index in [0.29, 0.717) is 0 Å². The lowest BCUT2D eigenvalue weighted by Gasteiger charge is -2.38. The highest BCUT2D eigenvalue weighted by Crippen LogP contribution is 2.18. The molecule has 1 amide bonds. The Balaban J connectivity index is 1.79. The first-order valence-electron chi connectivity index (χ1n) is 5.90. The van der Waals surface area contributed by atoms with Crippen LogP contribution >= 0.6 is 11.8 Å². The van der Waals surface area contributed by atoms with Gasteiger partial charge in [0.25, 0.3) is 0 Å². The van der Waals surface area contributed by atoms with Crippen molar-refractivity contribution in [3.63, 3.8) is 0 Å². The lowest BCUT2D eigenvalue weighted by molar-refractivity contribution is -0.130. The van der Waals surface area contributed by atoms with Crippen LogP contribution in [0.4, 0.5) is 5.69 Å². The van der Waals surface area contributed by atoms with E-state index >= 15 is 0 Å². The zero-order valence-electron chi connectivity index (χ0n) is 10.7. The predicted octanol–water partition coefficient (Wildman–Crippen LogP) is 1.73. The van der Waals surface area contributed by atoms with Crippen molar-refractivity contribution in [2.75, 3.05) is 31.3 Å². The van der Waals surface area contributed by atoms with Crippen LogP contribution in [0.5, 0.6) is 0 Å². The first-order valence-corrected chi connectivity index (χ1v) is 7.12. The number of benzene rings is 1. The number of rotatable bonds is 5. The number of nitrogens with one attached hydrogen (secondary N) is 2. The summed E-state index contributed by atoms with van der Waals surface area (Å²) in [6.07, 6.45) is 2.02. The van der Waals surface area contributed by atoms with E-state index in [2.05, 4.69) is 10.6 Å². The largest absolute Gasteiger partial charge is 0.363 e. The number of carbonyl (C=O) groups excluding carboxylic acids is 1. The van der Waals surface area contributed by atoms with Crippen molar-refractivity contribution in [1.82, 2.24) is 5.32 Å². The second kappa shape index (κ2) is 5.73. The molecular formula is C13H18N2O2S. The molecule has 0 saturated carbocycles. The van der Waals surface area contributed by atoms with E-state index in [4.69, 9.17) is 4.74 Å². The molecule has 1 aromatic rings. The maximum atomic E-state index is 11.7. The van der Waals surface area contributed by atoms with Crippen molar-refractivity contribution < 1.29 is 9.53 Å². The molecule has 0 spiro atoms. The highest BCUT2D eigenvalue weighted by atomic mass is 32.2. The Kier molecular flexibility index (Phi) is 4.27. The summed E-state index contributed by atoms with van der Waals surface area (Å²) in [7, 11) is 0. The lowest BCUT2D eigenvalue weighted by atomic mass is 10.0. The van der Waals surface area contributed by atoms with Gasteiger partial charge in [-0.2, -0.15) is 0 Å². The number of hydrogen-bond acceptors (Lipinski definition) is 4. The van der Waals surface area contributed by atoms with Crippen LogP contribution < -0.4 is 10.6 Å². The molecule has 1 fully saturated rings. The van der Waals surface area contributed by atoms with Crippen LogP contribution in [0.3, 0.4) is 0 Å². The molecule has 0 radical (unpaired) electrons. The molecule has 1 saturated heterocycles. The summed E-state index contributed by atoms with van der Waals surface area (Å²) < 4.78 is 5.57. The first-order chi connectivity index (χ1) is 8.61. The standard InChI is InChI=1S/C13H18N2O2S/c1-13(8-14-9-13)17-7-12(16)15-10-3-5-11(18-2)6-4-10/h3-6,14H,7-9H2,1-2H3,(H,15,16). The van der Waals surface area contributed by atoms with Gasteiger partial charge in [0.05, 0.1) is 5.60 Å². The monoisotopic (exact) mass is 266 g/mol. The maximum absolute atomic E-state index is 11.7. The van der Waals surface area contributed by atoms with Gasteiger partial charge in [-0.05, 0) is 37.4 Å². The van der Waals surface area contributed by atoms with Gasteiger partial charge in [-0.3, -0.25) is 4.79 Å².